The lowest BCUT2D eigenvalue weighted by molar-refractivity contribution is 0.210. The zero-order valence-corrected chi connectivity index (χ0v) is 15.2. The van der Waals surface area contributed by atoms with E-state index in [-0.39, 0.29) is 6.03 Å². The fraction of sp³-hybridized carbons (Fsp3) is 0.381. The molecule has 2 aromatic carbocycles. The van der Waals surface area contributed by atoms with E-state index in [9.17, 15) is 4.79 Å². The highest BCUT2D eigenvalue weighted by Gasteiger charge is 2.12. The number of anilines is 1. The highest BCUT2D eigenvalue weighted by molar-refractivity contribution is 5.89. The van der Waals surface area contributed by atoms with Crippen molar-refractivity contribution in [1.82, 2.24) is 4.90 Å². The molecule has 0 heterocycles. The molecule has 2 rings (SSSR count). The Kier molecular flexibility index (Phi) is 7.83. The van der Waals surface area contributed by atoms with Gasteiger partial charge in [-0.15, -0.1) is 0 Å². The van der Waals surface area contributed by atoms with Gasteiger partial charge in [0.2, 0.25) is 0 Å². The summed E-state index contributed by atoms with van der Waals surface area (Å²) in [6.07, 6.45) is 4.23. The number of benzene rings is 2. The van der Waals surface area contributed by atoms with Crippen molar-refractivity contribution in [2.75, 3.05) is 18.4 Å². The predicted octanol–water partition coefficient (Wildman–Crippen LogP) is 5.91. The van der Waals surface area contributed by atoms with Gasteiger partial charge in [-0.3, -0.25) is 0 Å². The molecule has 0 atom stereocenters. The van der Waals surface area contributed by atoms with Crippen molar-refractivity contribution < 1.29 is 9.53 Å². The first-order chi connectivity index (χ1) is 12.2. The monoisotopic (exact) mass is 340 g/mol. The van der Waals surface area contributed by atoms with Gasteiger partial charge in [-0.1, -0.05) is 44.9 Å². The summed E-state index contributed by atoms with van der Waals surface area (Å²) in [5.74, 6) is 1.54. The number of carbonyl (C=O) groups excluding carboxylic acids is 1. The summed E-state index contributed by atoms with van der Waals surface area (Å²) in [6.45, 7) is 5.89. The van der Waals surface area contributed by atoms with Gasteiger partial charge in [0.05, 0.1) is 0 Å². The third-order valence-corrected chi connectivity index (χ3v) is 3.93. The van der Waals surface area contributed by atoms with E-state index >= 15 is 0 Å². The van der Waals surface area contributed by atoms with Crippen LogP contribution in [0, 0.1) is 0 Å². The molecular formula is C21H28N2O2. The molecule has 0 bridgehead atoms. The van der Waals surface area contributed by atoms with Crippen LogP contribution in [-0.4, -0.2) is 24.0 Å². The van der Waals surface area contributed by atoms with E-state index in [1.54, 1.807) is 0 Å². The van der Waals surface area contributed by atoms with E-state index in [2.05, 4.69) is 19.2 Å². The van der Waals surface area contributed by atoms with Crippen LogP contribution in [-0.2, 0) is 0 Å². The molecule has 0 radical (unpaired) electrons. The number of ether oxygens (including phenoxy) is 1. The Hall–Kier alpha value is -2.49. The Labute approximate surface area is 150 Å². The number of nitrogens with one attached hydrogen (secondary N) is 1. The highest BCUT2D eigenvalue weighted by atomic mass is 16.5. The van der Waals surface area contributed by atoms with Crippen LogP contribution in [0.4, 0.5) is 10.5 Å². The van der Waals surface area contributed by atoms with Crippen LogP contribution in [0.15, 0.2) is 54.6 Å². The summed E-state index contributed by atoms with van der Waals surface area (Å²) >= 11 is 0. The zero-order valence-electron chi connectivity index (χ0n) is 15.2. The molecule has 0 fully saturated rings. The Bertz CT molecular complexity index is 618. The zero-order chi connectivity index (χ0) is 17.9. The van der Waals surface area contributed by atoms with E-state index in [0.717, 1.165) is 56.0 Å². The number of rotatable bonds is 9. The van der Waals surface area contributed by atoms with Crippen LogP contribution < -0.4 is 10.1 Å². The Balaban J connectivity index is 1.92. The molecule has 2 amide bonds. The average Bonchev–Trinajstić information content (AvgIpc) is 2.64. The van der Waals surface area contributed by atoms with Crippen LogP contribution >= 0.6 is 0 Å². The minimum Gasteiger partial charge on any atom is -0.457 e. The predicted molar refractivity (Wildman–Crippen MR) is 103 cm³/mol. The summed E-state index contributed by atoms with van der Waals surface area (Å²) in [5.41, 5.74) is 0.781. The SMILES string of the molecule is CCCCN(CCCC)C(=O)Nc1ccc(Oc2ccccc2)cc1. The van der Waals surface area contributed by atoms with Crippen molar-refractivity contribution in [3.8, 4) is 11.5 Å². The van der Waals surface area contributed by atoms with Crippen molar-refractivity contribution >= 4 is 11.7 Å². The number of hydrogen-bond acceptors (Lipinski definition) is 2. The molecule has 0 aliphatic rings. The van der Waals surface area contributed by atoms with E-state index < -0.39 is 0 Å². The molecule has 0 aromatic heterocycles. The maximum atomic E-state index is 12.5. The maximum absolute atomic E-state index is 12.5. The molecule has 2 aromatic rings. The van der Waals surface area contributed by atoms with Gasteiger partial charge in [0.1, 0.15) is 11.5 Å². The second kappa shape index (κ2) is 10.4. The number of amides is 2. The molecule has 0 spiro atoms. The van der Waals surface area contributed by atoms with Crippen molar-refractivity contribution in [1.29, 1.82) is 0 Å². The van der Waals surface area contributed by atoms with Gasteiger partial charge >= 0.3 is 6.03 Å². The van der Waals surface area contributed by atoms with Gasteiger partial charge in [-0.25, -0.2) is 4.79 Å². The third kappa shape index (κ3) is 6.49. The second-order valence-electron chi connectivity index (χ2n) is 6.06. The number of hydrogen-bond donors (Lipinski definition) is 1. The minimum atomic E-state index is -0.0290. The molecule has 0 saturated carbocycles. The lowest BCUT2D eigenvalue weighted by atomic mass is 10.2. The van der Waals surface area contributed by atoms with Crippen molar-refractivity contribution in [3.05, 3.63) is 54.6 Å². The average molecular weight is 340 g/mol. The van der Waals surface area contributed by atoms with E-state index in [4.69, 9.17) is 4.74 Å². The largest absolute Gasteiger partial charge is 0.457 e. The first-order valence-electron chi connectivity index (χ1n) is 9.11. The lowest BCUT2D eigenvalue weighted by Gasteiger charge is -2.23. The number of para-hydroxylation sites is 1. The van der Waals surface area contributed by atoms with Crippen molar-refractivity contribution in [3.63, 3.8) is 0 Å². The van der Waals surface area contributed by atoms with Gasteiger partial charge in [-0.05, 0) is 49.2 Å². The van der Waals surface area contributed by atoms with Gasteiger partial charge < -0.3 is 15.0 Å². The number of carbonyl (C=O) groups is 1. The van der Waals surface area contributed by atoms with Gasteiger partial charge in [0.15, 0.2) is 0 Å². The van der Waals surface area contributed by atoms with E-state index in [0.29, 0.717) is 0 Å². The fourth-order valence-electron chi connectivity index (χ4n) is 2.45. The van der Waals surface area contributed by atoms with Crippen molar-refractivity contribution in [2.45, 2.75) is 39.5 Å². The van der Waals surface area contributed by atoms with E-state index in [1.807, 2.05) is 59.5 Å². The minimum absolute atomic E-state index is 0.0290. The van der Waals surface area contributed by atoms with Crippen molar-refractivity contribution in [2.24, 2.45) is 0 Å². The number of nitrogens with zero attached hydrogens (tertiary/aromatic N) is 1. The summed E-state index contributed by atoms with van der Waals surface area (Å²) < 4.78 is 5.77. The standard InChI is InChI=1S/C21H28N2O2/c1-3-5-16-23(17-6-4-2)21(24)22-18-12-14-20(15-13-18)25-19-10-8-7-9-11-19/h7-15H,3-6,16-17H2,1-2H3,(H,22,24). The van der Waals surface area contributed by atoms with Gasteiger partial charge in [0.25, 0.3) is 0 Å². The molecule has 0 aliphatic carbocycles. The first-order valence-corrected chi connectivity index (χ1v) is 9.11. The Morgan fingerprint density at radius 2 is 1.44 bits per heavy atom. The molecule has 0 saturated heterocycles. The summed E-state index contributed by atoms with van der Waals surface area (Å²) in [4.78, 5) is 14.4. The number of unbranched alkanes of at least 4 members (excludes halogenated alkanes) is 2. The molecular weight excluding hydrogens is 312 g/mol. The highest BCUT2D eigenvalue weighted by Crippen LogP contribution is 2.22. The quantitative estimate of drug-likeness (QED) is 0.616. The number of urea groups is 1. The summed E-state index contributed by atoms with van der Waals surface area (Å²) in [6, 6.07) is 17.1. The van der Waals surface area contributed by atoms with Crippen LogP contribution in [0.1, 0.15) is 39.5 Å². The van der Waals surface area contributed by atoms with Gasteiger partial charge in [-0.2, -0.15) is 0 Å². The third-order valence-electron chi connectivity index (χ3n) is 3.93. The fourth-order valence-corrected chi connectivity index (χ4v) is 2.45. The van der Waals surface area contributed by atoms with Crippen LogP contribution in [0.2, 0.25) is 0 Å². The topological polar surface area (TPSA) is 41.6 Å². The molecule has 1 N–H and O–H groups in total. The molecule has 0 aliphatic heterocycles. The Morgan fingerprint density at radius 1 is 0.880 bits per heavy atom. The van der Waals surface area contributed by atoms with Crippen LogP contribution in [0.5, 0.6) is 11.5 Å². The van der Waals surface area contributed by atoms with Crippen LogP contribution in [0.3, 0.4) is 0 Å². The lowest BCUT2D eigenvalue weighted by Crippen LogP contribution is -2.36. The smallest absolute Gasteiger partial charge is 0.321 e. The molecule has 0 unspecified atom stereocenters. The normalized spacial score (nSPS) is 10.3. The molecule has 25 heavy (non-hydrogen) atoms. The first kappa shape index (κ1) is 18.8. The summed E-state index contributed by atoms with van der Waals surface area (Å²) in [7, 11) is 0. The Morgan fingerprint density at radius 3 is 2.00 bits per heavy atom. The summed E-state index contributed by atoms with van der Waals surface area (Å²) in [5, 5.41) is 2.98. The van der Waals surface area contributed by atoms with E-state index in [1.165, 1.54) is 0 Å². The molecule has 4 heteroatoms. The molecule has 4 nitrogen and oxygen atoms in total. The second-order valence-corrected chi connectivity index (χ2v) is 6.06. The maximum Gasteiger partial charge on any atom is 0.321 e. The van der Waals surface area contributed by atoms with Gasteiger partial charge in [0, 0.05) is 18.8 Å². The molecule has 134 valence electrons. The van der Waals surface area contributed by atoms with Crippen LogP contribution in [0.25, 0.3) is 0 Å².